The molecule has 7 heteroatoms. The molecule has 3 N–H and O–H groups in total. The fourth-order valence-corrected chi connectivity index (χ4v) is 2.48. The Morgan fingerprint density at radius 2 is 1.72 bits per heavy atom. The number of amides is 1. The van der Waals surface area contributed by atoms with Crippen LogP contribution in [0.3, 0.4) is 0 Å². The highest BCUT2D eigenvalue weighted by Gasteiger charge is 2.13. The predicted molar refractivity (Wildman–Crippen MR) is 91.9 cm³/mol. The fourth-order valence-electron chi connectivity index (χ4n) is 2.48. The molecule has 1 aromatic heterocycles. The van der Waals surface area contributed by atoms with Crippen molar-refractivity contribution in [2.24, 2.45) is 0 Å². The van der Waals surface area contributed by atoms with Gasteiger partial charge in [0.1, 0.15) is 12.3 Å². The highest BCUT2D eigenvalue weighted by molar-refractivity contribution is 6.08. The summed E-state index contributed by atoms with van der Waals surface area (Å²) >= 11 is 0. The third-order valence-electron chi connectivity index (χ3n) is 3.66. The molecule has 0 atom stereocenters. The number of nitrogens with zero attached hydrogens (tertiary/aromatic N) is 1. The molecule has 2 aromatic carbocycles. The van der Waals surface area contributed by atoms with Gasteiger partial charge in [-0.25, -0.2) is 0 Å². The molecule has 1 heterocycles. The van der Waals surface area contributed by atoms with Crippen molar-refractivity contribution < 1.29 is 19.8 Å². The van der Waals surface area contributed by atoms with Gasteiger partial charge in [-0.2, -0.15) is 0 Å². The van der Waals surface area contributed by atoms with Gasteiger partial charge in [-0.3, -0.25) is 14.4 Å². The lowest BCUT2D eigenvalue weighted by Gasteiger charge is -2.10. The molecule has 0 fully saturated rings. The molecule has 0 aliphatic heterocycles. The molecule has 25 heavy (non-hydrogen) atoms. The third kappa shape index (κ3) is 3.50. The van der Waals surface area contributed by atoms with E-state index in [1.165, 1.54) is 24.4 Å². The molecule has 0 unspecified atom stereocenters. The van der Waals surface area contributed by atoms with Gasteiger partial charge in [0.25, 0.3) is 11.5 Å². The molecule has 3 aromatic rings. The Kier molecular flexibility index (Phi) is 4.21. The Labute approximate surface area is 141 Å². The predicted octanol–water partition coefficient (Wildman–Crippen LogP) is 2.04. The summed E-state index contributed by atoms with van der Waals surface area (Å²) in [7, 11) is 0. The molecule has 0 spiro atoms. The van der Waals surface area contributed by atoms with Crippen molar-refractivity contribution in [1.29, 1.82) is 0 Å². The number of benzene rings is 2. The van der Waals surface area contributed by atoms with Gasteiger partial charge in [0, 0.05) is 12.3 Å². The van der Waals surface area contributed by atoms with E-state index in [-0.39, 0.29) is 17.0 Å². The van der Waals surface area contributed by atoms with E-state index in [0.717, 1.165) is 15.3 Å². The quantitative estimate of drug-likeness (QED) is 0.674. The number of hydrogen-bond donors (Lipinski definition) is 3. The van der Waals surface area contributed by atoms with Gasteiger partial charge in [-0.05, 0) is 29.0 Å². The minimum atomic E-state index is -1.17. The second-order valence-corrected chi connectivity index (χ2v) is 5.45. The number of carboxylic acids is 1. The Hall–Kier alpha value is -3.61. The van der Waals surface area contributed by atoms with Gasteiger partial charge >= 0.3 is 5.97 Å². The standard InChI is InChI=1S/C18H14N2O5/c21-15-8-12-4-2-1-3-11(12)7-14(15)18(25)19-13-5-6-16(22)20(9-13)10-17(23)24/h1-9,21H,10H2,(H,19,25)(H,23,24). The molecule has 1 amide bonds. The van der Waals surface area contributed by atoms with Crippen molar-refractivity contribution in [3.63, 3.8) is 0 Å². The van der Waals surface area contributed by atoms with Crippen LogP contribution in [0.15, 0.2) is 59.5 Å². The van der Waals surface area contributed by atoms with Crippen LogP contribution in [0.1, 0.15) is 10.4 Å². The molecule has 126 valence electrons. The van der Waals surface area contributed by atoms with E-state index in [4.69, 9.17) is 5.11 Å². The van der Waals surface area contributed by atoms with E-state index in [9.17, 15) is 19.5 Å². The summed E-state index contributed by atoms with van der Waals surface area (Å²) in [6.07, 6.45) is 1.24. The monoisotopic (exact) mass is 338 g/mol. The van der Waals surface area contributed by atoms with Crippen LogP contribution in [0, 0.1) is 0 Å². The number of fused-ring (bicyclic) bond motifs is 1. The molecule has 0 saturated heterocycles. The van der Waals surface area contributed by atoms with Gasteiger partial charge in [0.05, 0.1) is 11.3 Å². The van der Waals surface area contributed by atoms with Crippen molar-refractivity contribution in [2.45, 2.75) is 6.54 Å². The maximum Gasteiger partial charge on any atom is 0.323 e. The minimum absolute atomic E-state index is 0.0784. The zero-order valence-electron chi connectivity index (χ0n) is 13.0. The van der Waals surface area contributed by atoms with Crippen molar-refractivity contribution in [3.05, 3.63) is 70.6 Å². The molecular formula is C18H14N2O5. The average Bonchev–Trinajstić information content (AvgIpc) is 2.56. The Morgan fingerprint density at radius 3 is 2.40 bits per heavy atom. The number of anilines is 1. The number of pyridine rings is 1. The summed E-state index contributed by atoms with van der Waals surface area (Å²) in [5.74, 6) is -1.91. The van der Waals surface area contributed by atoms with Crippen molar-refractivity contribution >= 4 is 28.3 Å². The van der Waals surface area contributed by atoms with Crippen LogP contribution in [0.5, 0.6) is 5.75 Å². The number of carboxylic acid groups (broad SMARTS) is 1. The van der Waals surface area contributed by atoms with Gasteiger partial charge in [0.2, 0.25) is 0 Å². The van der Waals surface area contributed by atoms with Gasteiger partial charge in [-0.15, -0.1) is 0 Å². The summed E-state index contributed by atoms with van der Waals surface area (Å²) in [6.45, 7) is -0.510. The van der Waals surface area contributed by atoms with Crippen LogP contribution in [0.2, 0.25) is 0 Å². The largest absolute Gasteiger partial charge is 0.507 e. The van der Waals surface area contributed by atoms with Crippen LogP contribution in [-0.4, -0.2) is 26.7 Å². The van der Waals surface area contributed by atoms with Crippen LogP contribution in [0.25, 0.3) is 10.8 Å². The lowest BCUT2D eigenvalue weighted by molar-refractivity contribution is -0.137. The smallest absolute Gasteiger partial charge is 0.323 e. The number of nitrogens with one attached hydrogen (secondary N) is 1. The molecule has 7 nitrogen and oxygen atoms in total. The number of aromatic nitrogens is 1. The molecule has 3 rings (SSSR count). The molecule has 0 aliphatic carbocycles. The number of hydrogen-bond acceptors (Lipinski definition) is 4. The Balaban J connectivity index is 1.91. The number of phenols is 1. The summed E-state index contributed by atoms with van der Waals surface area (Å²) in [5.41, 5.74) is -0.165. The third-order valence-corrected chi connectivity index (χ3v) is 3.66. The number of aromatic hydroxyl groups is 1. The maximum absolute atomic E-state index is 12.4. The van der Waals surface area contributed by atoms with E-state index < -0.39 is 24.0 Å². The highest BCUT2D eigenvalue weighted by Crippen LogP contribution is 2.25. The normalized spacial score (nSPS) is 10.6. The molecule has 0 saturated carbocycles. The molecule has 0 bridgehead atoms. The summed E-state index contributed by atoms with van der Waals surface area (Å²) in [6, 6.07) is 12.9. The van der Waals surface area contributed by atoms with Crippen LogP contribution < -0.4 is 10.9 Å². The zero-order valence-corrected chi connectivity index (χ0v) is 13.0. The number of rotatable bonds is 4. The SMILES string of the molecule is O=C(O)Cn1cc(NC(=O)c2cc3ccccc3cc2O)ccc1=O. The summed E-state index contributed by atoms with van der Waals surface area (Å²) in [4.78, 5) is 34.8. The van der Waals surface area contributed by atoms with Gasteiger partial charge in [-0.1, -0.05) is 24.3 Å². The number of phenolic OH excluding ortho intramolecular Hbond substituents is 1. The van der Waals surface area contributed by atoms with Crippen LogP contribution in [0.4, 0.5) is 5.69 Å². The summed E-state index contributed by atoms with van der Waals surface area (Å²) in [5, 5.41) is 23.0. The first-order valence-corrected chi connectivity index (χ1v) is 7.39. The molecule has 0 radical (unpaired) electrons. The first-order valence-electron chi connectivity index (χ1n) is 7.39. The lowest BCUT2D eigenvalue weighted by Crippen LogP contribution is -2.24. The van der Waals surface area contributed by atoms with Crippen LogP contribution in [-0.2, 0) is 11.3 Å². The van der Waals surface area contributed by atoms with Gasteiger partial charge < -0.3 is 20.1 Å². The number of carbonyl (C=O) groups excluding carboxylic acids is 1. The fraction of sp³-hybridized carbons (Fsp3) is 0.0556. The molecule has 0 aliphatic rings. The van der Waals surface area contributed by atoms with Crippen molar-refractivity contribution in [2.75, 3.05) is 5.32 Å². The van der Waals surface area contributed by atoms with E-state index in [1.807, 2.05) is 24.3 Å². The first-order chi connectivity index (χ1) is 11.9. The molecular weight excluding hydrogens is 324 g/mol. The zero-order chi connectivity index (χ0) is 18.0. The number of aliphatic carboxylic acids is 1. The topological polar surface area (TPSA) is 109 Å². The van der Waals surface area contributed by atoms with E-state index in [1.54, 1.807) is 6.07 Å². The first kappa shape index (κ1) is 16.3. The minimum Gasteiger partial charge on any atom is -0.507 e. The van der Waals surface area contributed by atoms with Crippen molar-refractivity contribution in [1.82, 2.24) is 4.57 Å². The lowest BCUT2D eigenvalue weighted by atomic mass is 10.1. The highest BCUT2D eigenvalue weighted by atomic mass is 16.4. The number of carbonyl (C=O) groups is 2. The van der Waals surface area contributed by atoms with Gasteiger partial charge in [0.15, 0.2) is 0 Å². The van der Waals surface area contributed by atoms with Crippen LogP contribution >= 0.6 is 0 Å². The summed E-state index contributed by atoms with van der Waals surface area (Å²) < 4.78 is 0.970. The van der Waals surface area contributed by atoms with Crippen molar-refractivity contribution in [3.8, 4) is 5.75 Å². The average molecular weight is 338 g/mol. The second kappa shape index (κ2) is 6.48. The van der Waals surface area contributed by atoms with E-state index in [0.29, 0.717) is 0 Å². The maximum atomic E-state index is 12.4. The van der Waals surface area contributed by atoms with E-state index >= 15 is 0 Å². The Bertz CT molecular complexity index is 1040. The Morgan fingerprint density at radius 1 is 1.04 bits per heavy atom. The van der Waals surface area contributed by atoms with E-state index in [2.05, 4.69) is 5.32 Å². The second-order valence-electron chi connectivity index (χ2n) is 5.45.